The third-order valence-electron chi connectivity index (χ3n) is 4.68. The smallest absolute Gasteiger partial charge is 0.254 e. The minimum absolute atomic E-state index is 0. The van der Waals surface area contributed by atoms with E-state index in [9.17, 15) is 4.79 Å². The Labute approximate surface area is 200 Å². The summed E-state index contributed by atoms with van der Waals surface area (Å²) < 4.78 is 5.72. The van der Waals surface area contributed by atoms with Crippen molar-refractivity contribution < 1.29 is 9.53 Å². The number of thiophene rings is 1. The second kappa shape index (κ2) is 12.3. The highest BCUT2D eigenvalue weighted by Crippen LogP contribution is 2.15. The summed E-state index contributed by atoms with van der Waals surface area (Å²) in [7, 11) is 0. The van der Waals surface area contributed by atoms with Crippen LogP contribution in [0.15, 0.2) is 46.8 Å². The third-order valence-corrected chi connectivity index (χ3v) is 5.56. The van der Waals surface area contributed by atoms with Gasteiger partial charge in [0.25, 0.3) is 5.91 Å². The molecule has 164 valence electrons. The molecule has 1 fully saturated rings. The van der Waals surface area contributed by atoms with E-state index in [1.165, 1.54) is 4.88 Å². The molecule has 1 aliphatic heterocycles. The van der Waals surface area contributed by atoms with E-state index in [0.29, 0.717) is 25.2 Å². The number of morpholine rings is 1. The van der Waals surface area contributed by atoms with E-state index < -0.39 is 0 Å². The van der Waals surface area contributed by atoms with Crippen LogP contribution in [-0.4, -0.2) is 48.6 Å². The summed E-state index contributed by atoms with van der Waals surface area (Å²) in [5.74, 6) is 0.852. The van der Waals surface area contributed by atoms with Crippen LogP contribution in [0.3, 0.4) is 0 Å². The van der Waals surface area contributed by atoms with Gasteiger partial charge in [0.1, 0.15) is 0 Å². The molecule has 2 heterocycles. The number of ether oxygens (including phenoxy) is 1. The lowest BCUT2D eigenvalue weighted by atomic mass is 10.1. The number of nitrogens with one attached hydrogen (secondary N) is 2. The van der Waals surface area contributed by atoms with Gasteiger partial charge in [-0.2, -0.15) is 0 Å². The van der Waals surface area contributed by atoms with Gasteiger partial charge in [0.15, 0.2) is 5.96 Å². The van der Waals surface area contributed by atoms with Crippen LogP contribution in [0.5, 0.6) is 0 Å². The first-order chi connectivity index (χ1) is 14.0. The van der Waals surface area contributed by atoms with E-state index >= 15 is 0 Å². The summed E-state index contributed by atoms with van der Waals surface area (Å²) in [6.45, 7) is 9.45. The molecule has 1 amide bonds. The van der Waals surface area contributed by atoms with Crippen LogP contribution >= 0.6 is 35.3 Å². The molecule has 1 aromatic carbocycles. The number of nitrogens with zero attached hydrogens (tertiary/aromatic N) is 2. The molecule has 0 saturated carbocycles. The van der Waals surface area contributed by atoms with Crippen molar-refractivity contribution in [2.45, 2.75) is 46.1 Å². The van der Waals surface area contributed by atoms with Crippen molar-refractivity contribution in [1.29, 1.82) is 0 Å². The van der Waals surface area contributed by atoms with Crippen molar-refractivity contribution in [3.05, 3.63) is 57.8 Å². The van der Waals surface area contributed by atoms with Crippen LogP contribution in [0.1, 0.15) is 41.6 Å². The largest absolute Gasteiger partial charge is 0.372 e. The Morgan fingerprint density at radius 3 is 2.47 bits per heavy atom. The highest BCUT2D eigenvalue weighted by atomic mass is 127. The SMILES string of the molecule is CCNC(=NCc1ccc(C(=O)N2CC(C)OC(C)C2)cc1)NCc1cccs1.I. The van der Waals surface area contributed by atoms with Crippen LogP contribution in [0.2, 0.25) is 0 Å². The van der Waals surface area contributed by atoms with Crippen molar-refractivity contribution in [1.82, 2.24) is 15.5 Å². The number of benzene rings is 1. The third kappa shape index (κ3) is 7.24. The average Bonchev–Trinajstić information content (AvgIpc) is 3.23. The van der Waals surface area contributed by atoms with Crippen molar-refractivity contribution in [2.75, 3.05) is 19.6 Å². The summed E-state index contributed by atoms with van der Waals surface area (Å²) in [6, 6.07) is 11.9. The van der Waals surface area contributed by atoms with Gasteiger partial charge in [-0.3, -0.25) is 4.79 Å². The van der Waals surface area contributed by atoms with Crippen molar-refractivity contribution in [3.8, 4) is 0 Å². The number of amides is 1. The minimum Gasteiger partial charge on any atom is -0.372 e. The first-order valence-electron chi connectivity index (χ1n) is 10.1. The fourth-order valence-electron chi connectivity index (χ4n) is 3.38. The maximum Gasteiger partial charge on any atom is 0.254 e. The van der Waals surface area contributed by atoms with Gasteiger partial charge in [0, 0.05) is 30.1 Å². The molecule has 0 spiro atoms. The van der Waals surface area contributed by atoms with Gasteiger partial charge >= 0.3 is 0 Å². The normalized spacial score (nSPS) is 19.2. The Morgan fingerprint density at radius 1 is 1.17 bits per heavy atom. The zero-order valence-corrected chi connectivity index (χ0v) is 20.9. The van der Waals surface area contributed by atoms with Gasteiger partial charge in [-0.1, -0.05) is 18.2 Å². The molecular weight excluding hydrogens is 511 g/mol. The molecule has 2 atom stereocenters. The van der Waals surface area contributed by atoms with Gasteiger partial charge in [0.2, 0.25) is 0 Å². The highest BCUT2D eigenvalue weighted by Gasteiger charge is 2.26. The van der Waals surface area contributed by atoms with Crippen molar-refractivity contribution in [3.63, 3.8) is 0 Å². The van der Waals surface area contributed by atoms with E-state index in [1.54, 1.807) is 11.3 Å². The number of hydrogen-bond donors (Lipinski definition) is 2. The molecule has 1 aromatic heterocycles. The zero-order chi connectivity index (χ0) is 20.6. The molecule has 0 radical (unpaired) electrons. The Morgan fingerprint density at radius 2 is 1.87 bits per heavy atom. The van der Waals surface area contributed by atoms with Crippen molar-refractivity contribution in [2.24, 2.45) is 4.99 Å². The molecule has 2 N–H and O–H groups in total. The maximum absolute atomic E-state index is 12.8. The van der Waals surface area contributed by atoms with Gasteiger partial charge < -0.3 is 20.3 Å². The fraction of sp³-hybridized carbons (Fsp3) is 0.455. The number of carbonyl (C=O) groups excluding carboxylic acids is 1. The summed E-state index contributed by atoms with van der Waals surface area (Å²) in [4.78, 5) is 20.6. The minimum atomic E-state index is 0. The Balaban J connectivity index is 0.00000320. The molecule has 8 heteroatoms. The number of hydrogen-bond acceptors (Lipinski definition) is 4. The summed E-state index contributed by atoms with van der Waals surface area (Å²) >= 11 is 1.72. The number of guanidine groups is 1. The molecule has 3 rings (SSSR count). The number of carbonyl (C=O) groups is 1. The van der Waals surface area contributed by atoms with Gasteiger partial charge in [-0.05, 0) is 49.9 Å². The van der Waals surface area contributed by atoms with E-state index in [1.807, 2.05) is 49.1 Å². The number of rotatable bonds is 6. The Bertz CT molecular complexity index is 801. The van der Waals surface area contributed by atoms with E-state index in [4.69, 9.17) is 4.74 Å². The van der Waals surface area contributed by atoms with E-state index in [0.717, 1.165) is 24.6 Å². The summed E-state index contributed by atoms with van der Waals surface area (Å²) in [5.41, 5.74) is 1.78. The predicted octanol–water partition coefficient (Wildman–Crippen LogP) is 3.87. The molecular formula is C22H31IN4O2S. The van der Waals surface area contributed by atoms with Crippen LogP contribution in [0.25, 0.3) is 0 Å². The van der Waals surface area contributed by atoms with Crippen LogP contribution in [0.4, 0.5) is 0 Å². The summed E-state index contributed by atoms with van der Waals surface area (Å²) in [6.07, 6.45) is 0.143. The number of halogens is 1. The molecule has 1 saturated heterocycles. The lowest BCUT2D eigenvalue weighted by Crippen LogP contribution is -2.48. The fourth-order valence-corrected chi connectivity index (χ4v) is 4.02. The topological polar surface area (TPSA) is 66.0 Å². The standard InChI is InChI=1S/C22H30N4O2S.HI/c1-4-23-22(25-13-20-6-5-11-29-20)24-12-18-7-9-19(10-8-18)21(27)26-14-16(2)28-17(3)15-26;/h5-11,16-17H,4,12-15H2,1-3H3,(H2,23,24,25);1H. The lowest BCUT2D eigenvalue weighted by Gasteiger charge is -2.35. The second-order valence-corrected chi connectivity index (χ2v) is 8.32. The average molecular weight is 542 g/mol. The zero-order valence-electron chi connectivity index (χ0n) is 17.8. The monoisotopic (exact) mass is 542 g/mol. The first kappa shape index (κ1) is 24.6. The quantitative estimate of drug-likeness (QED) is 0.331. The molecule has 2 unspecified atom stereocenters. The van der Waals surface area contributed by atoms with Gasteiger partial charge in [0.05, 0.1) is 25.3 Å². The molecule has 30 heavy (non-hydrogen) atoms. The Kier molecular flexibility index (Phi) is 10.1. The molecule has 1 aliphatic rings. The molecule has 6 nitrogen and oxygen atoms in total. The first-order valence-corrected chi connectivity index (χ1v) is 11.0. The summed E-state index contributed by atoms with van der Waals surface area (Å²) in [5, 5.41) is 8.69. The van der Waals surface area contributed by atoms with E-state index in [-0.39, 0.29) is 42.1 Å². The van der Waals surface area contributed by atoms with Crippen molar-refractivity contribution >= 4 is 47.2 Å². The lowest BCUT2D eigenvalue weighted by molar-refractivity contribution is -0.0586. The molecule has 2 aromatic rings. The van der Waals surface area contributed by atoms with Crippen LogP contribution in [-0.2, 0) is 17.8 Å². The van der Waals surface area contributed by atoms with Crippen LogP contribution in [0, 0.1) is 0 Å². The van der Waals surface area contributed by atoms with Gasteiger partial charge in [-0.15, -0.1) is 35.3 Å². The Hall–Kier alpha value is -1.65. The predicted molar refractivity (Wildman–Crippen MR) is 134 cm³/mol. The molecule has 0 bridgehead atoms. The van der Waals surface area contributed by atoms with Gasteiger partial charge in [-0.25, -0.2) is 4.99 Å². The highest BCUT2D eigenvalue weighted by molar-refractivity contribution is 14.0. The van der Waals surface area contributed by atoms with E-state index in [2.05, 4.69) is 34.0 Å². The number of aliphatic imine (C=N–C) groups is 1. The van der Waals surface area contributed by atoms with Crippen LogP contribution < -0.4 is 10.6 Å². The second-order valence-electron chi connectivity index (χ2n) is 7.29. The maximum atomic E-state index is 12.8. The molecule has 0 aliphatic carbocycles.